The molecule has 0 radical (unpaired) electrons. The molecule has 0 atom stereocenters. The molecule has 0 aliphatic heterocycles. The monoisotopic (exact) mass is 313 g/mol. The van der Waals surface area contributed by atoms with Crippen LogP contribution in [0.15, 0.2) is 53.6 Å². The van der Waals surface area contributed by atoms with E-state index in [1.807, 2.05) is 12.1 Å². The molecule has 1 aliphatic rings. The molecule has 23 heavy (non-hydrogen) atoms. The van der Waals surface area contributed by atoms with E-state index >= 15 is 0 Å². The van der Waals surface area contributed by atoms with Crippen molar-refractivity contribution in [2.75, 3.05) is 14.2 Å². The predicted octanol–water partition coefficient (Wildman–Crippen LogP) is 2.72. The smallest absolute Gasteiger partial charge is 0.337 e. The summed E-state index contributed by atoms with van der Waals surface area (Å²) in [6.45, 7) is 2.27. The summed E-state index contributed by atoms with van der Waals surface area (Å²) in [4.78, 5) is 27.5. The van der Waals surface area contributed by atoms with Crippen molar-refractivity contribution in [2.45, 2.75) is 13.5 Å². The number of carbonyl (C=O) groups excluding carboxylic acids is 2. The highest BCUT2D eigenvalue weighted by Gasteiger charge is 2.30. The average molecular weight is 313 g/mol. The zero-order chi connectivity index (χ0) is 16.9. The van der Waals surface area contributed by atoms with Crippen molar-refractivity contribution in [1.29, 1.82) is 0 Å². The lowest BCUT2D eigenvalue weighted by atomic mass is 9.86. The first-order chi connectivity index (χ1) is 11.0. The van der Waals surface area contributed by atoms with E-state index in [0.717, 1.165) is 11.3 Å². The molecule has 0 N–H and O–H groups in total. The lowest BCUT2D eigenvalue weighted by Gasteiger charge is -2.21. The van der Waals surface area contributed by atoms with Gasteiger partial charge in [0.25, 0.3) is 0 Å². The van der Waals surface area contributed by atoms with Gasteiger partial charge in [-0.15, -0.1) is 0 Å². The summed E-state index contributed by atoms with van der Waals surface area (Å²) in [6, 6.07) is 7.10. The Morgan fingerprint density at radius 2 is 1.65 bits per heavy atom. The van der Waals surface area contributed by atoms with Gasteiger partial charge in [0.2, 0.25) is 0 Å². The molecule has 0 fully saturated rings. The number of esters is 2. The minimum atomic E-state index is -0.740. The maximum atomic E-state index is 11.7. The van der Waals surface area contributed by atoms with E-state index in [1.54, 1.807) is 43.4 Å². The fourth-order valence-electron chi connectivity index (χ4n) is 2.14. The summed E-state index contributed by atoms with van der Waals surface area (Å²) in [5.41, 5.74) is 1.53. The first-order valence-electron chi connectivity index (χ1n) is 7.17. The summed E-state index contributed by atoms with van der Waals surface area (Å²) in [5.74, 6) is -0.662. The molecule has 0 bridgehead atoms. The predicted molar refractivity (Wildman–Crippen MR) is 87.3 cm³/mol. The van der Waals surface area contributed by atoms with Gasteiger partial charge in [-0.3, -0.25) is 9.79 Å². The third kappa shape index (κ3) is 3.94. The second-order valence-electron chi connectivity index (χ2n) is 5.37. The number of hydrogen-bond donors (Lipinski definition) is 0. The van der Waals surface area contributed by atoms with Gasteiger partial charge >= 0.3 is 11.9 Å². The summed E-state index contributed by atoms with van der Waals surface area (Å²) < 4.78 is 9.43. The molecule has 120 valence electrons. The number of allylic oxidation sites excluding steroid dienone is 2. The molecule has 0 saturated heterocycles. The normalized spacial score (nSPS) is 19.3. The van der Waals surface area contributed by atoms with Gasteiger partial charge in [0.05, 0.1) is 32.0 Å². The minimum Gasteiger partial charge on any atom is -0.468 e. The Kier molecular flexibility index (Phi) is 5.11. The second kappa shape index (κ2) is 7.05. The number of ether oxygens (including phenoxy) is 2. The SMILES string of the molecule is COC(=O)c1ccc(CN=C2C=CC(C)(C(=O)OC)C=C2)cc1. The van der Waals surface area contributed by atoms with Crippen molar-refractivity contribution in [3.8, 4) is 0 Å². The van der Waals surface area contributed by atoms with Gasteiger partial charge in [-0.2, -0.15) is 0 Å². The number of nitrogens with zero attached hydrogens (tertiary/aromatic N) is 1. The highest BCUT2D eigenvalue weighted by molar-refractivity contribution is 6.06. The maximum absolute atomic E-state index is 11.7. The van der Waals surface area contributed by atoms with Gasteiger partial charge < -0.3 is 9.47 Å². The molecule has 2 rings (SSSR count). The quantitative estimate of drug-likeness (QED) is 0.802. The van der Waals surface area contributed by atoms with Crippen LogP contribution in [0.2, 0.25) is 0 Å². The summed E-state index contributed by atoms with van der Waals surface area (Å²) in [7, 11) is 2.73. The van der Waals surface area contributed by atoms with Crippen molar-refractivity contribution in [3.05, 3.63) is 59.7 Å². The van der Waals surface area contributed by atoms with E-state index < -0.39 is 5.41 Å². The summed E-state index contributed by atoms with van der Waals surface area (Å²) in [6.07, 6.45) is 7.16. The van der Waals surface area contributed by atoms with Crippen LogP contribution in [0, 0.1) is 5.41 Å². The van der Waals surface area contributed by atoms with Gasteiger partial charge in [0.15, 0.2) is 0 Å². The van der Waals surface area contributed by atoms with Crippen molar-refractivity contribution in [3.63, 3.8) is 0 Å². The molecular formula is C18H19NO4. The molecule has 1 aromatic rings. The van der Waals surface area contributed by atoms with Crippen LogP contribution in [-0.2, 0) is 20.8 Å². The summed E-state index contributed by atoms with van der Waals surface area (Å²) >= 11 is 0. The molecule has 0 amide bonds. The van der Waals surface area contributed by atoms with Gasteiger partial charge in [-0.05, 0) is 36.8 Å². The number of rotatable bonds is 4. The van der Waals surface area contributed by atoms with E-state index in [2.05, 4.69) is 9.73 Å². The minimum absolute atomic E-state index is 0.303. The van der Waals surface area contributed by atoms with Gasteiger partial charge in [0, 0.05) is 0 Å². The Morgan fingerprint density at radius 1 is 1.04 bits per heavy atom. The fourth-order valence-corrected chi connectivity index (χ4v) is 2.14. The van der Waals surface area contributed by atoms with Crippen molar-refractivity contribution in [2.24, 2.45) is 10.4 Å². The van der Waals surface area contributed by atoms with Crippen LogP contribution >= 0.6 is 0 Å². The Labute approximate surface area is 135 Å². The third-order valence-electron chi connectivity index (χ3n) is 3.65. The average Bonchev–Trinajstić information content (AvgIpc) is 2.60. The number of aliphatic imine (C=N–C) groups is 1. The largest absolute Gasteiger partial charge is 0.468 e. The van der Waals surface area contributed by atoms with E-state index in [4.69, 9.17) is 4.74 Å². The lowest BCUT2D eigenvalue weighted by molar-refractivity contribution is -0.146. The lowest BCUT2D eigenvalue weighted by Crippen LogP contribution is -2.26. The van der Waals surface area contributed by atoms with Crippen LogP contribution in [0.5, 0.6) is 0 Å². The highest BCUT2D eigenvalue weighted by Crippen LogP contribution is 2.25. The second-order valence-corrected chi connectivity index (χ2v) is 5.37. The van der Waals surface area contributed by atoms with Gasteiger partial charge in [-0.1, -0.05) is 24.3 Å². The standard InChI is InChI=1S/C18H19NO4/c1-18(17(21)23-3)10-8-15(9-11-18)19-12-13-4-6-14(7-5-13)16(20)22-2/h4-11H,12H2,1-3H3. The molecule has 0 unspecified atom stereocenters. The third-order valence-corrected chi connectivity index (χ3v) is 3.65. The molecule has 0 heterocycles. The molecule has 0 spiro atoms. The molecule has 0 aromatic heterocycles. The van der Waals surface area contributed by atoms with Crippen LogP contribution in [0.4, 0.5) is 0 Å². The number of benzene rings is 1. The van der Waals surface area contributed by atoms with Crippen LogP contribution in [0.25, 0.3) is 0 Å². The molecule has 1 aromatic carbocycles. The van der Waals surface area contributed by atoms with E-state index in [9.17, 15) is 9.59 Å². The Balaban J connectivity index is 2.02. The maximum Gasteiger partial charge on any atom is 0.337 e. The Hall–Kier alpha value is -2.69. The van der Waals surface area contributed by atoms with Crippen molar-refractivity contribution >= 4 is 17.7 Å². The van der Waals surface area contributed by atoms with Crippen LogP contribution in [-0.4, -0.2) is 31.9 Å². The Morgan fingerprint density at radius 3 is 2.17 bits per heavy atom. The van der Waals surface area contributed by atoms with Crippen LogP contribution in [0.3, 0.4) is 0 Å². The summed E-state index contributed by atoms with van der Waals surface area (Å²) in [5, 5.41) is 0. The molecule has 1 aliphatic carbocycles. The van der Waals surface area contributed by atoms with Gasteiger partial charge in [-0.25, -0.2) is 4.79 Å². The highest BCUT2D eigenvalue weighted by atomic mass is 16.5. The fraction of sp³-hybridized carbons (Fsp3) is 0.278. The molecule has 5 nitrogen and oxygen atoms in total. The number of methoxy groups -OCH3 is 2. The molecular weight excluding hydrogens is 294 g/mol. The first kappa shape index (κ1) is 16.7. The number of hydrogen-bond acceptors (Lipinski definition) is 5. The number of carbonyl (C=O) groups is 2. The van der Waals surface area contributed by atoms with E-state index in [1.165, 1.54) is 14.2 Å². The van der Waals surface area contributed by atoms with E-state index in [0.29, 0.717) is 12.1 Å². The van der Waals surface area contributed by atoms with Gasteiger partial charge in [0.1, 0.15) is 5.41 Å². The zero-order valence-corrected chi connectivity index (χ0v) is 13.4. The molecule has 5 heteroatoms. The first-order valence-corrected chi connectivity index (χ1v) is 7.17. The van der Waals surface area contributed by atoms with Crippen molar-refractivity contribution in [1.82, 2.24) is 0 Å². The molecule has 0 saturated carbocycles. The van der Waals surface area contributed by atoms with Crippen molar-refractivity contribution < 1.29 is 19.1 Å². The Bertz CT molecular complexity index is 667. The van der Waals surface area contributed by atoms with Crippen LogP contribution < -0.4 is 0 Å². The van der Waals surface area contributed by atoms with Crippen LogP contribution in [0.1, 0.15) is 22.8 Å². The van der Waals surface area contributed by atoms with E-state index in [-0.39, 0.29) is 11.9 Å². The topological polar surface area (TPSA) is 65.0 Å². The zero-order valence-electron chi connectivity index (χ0n) is 13.4.